The molecule has 0 aliphatic heterocycles. The zero-order chi connectivity index (χ0) is 22.7. The molecule has 0 unspecified atom stereocenters. The predicted octanol–water partition coefficient (Wildman–Crippen LogP) is 3.29. The minimum absolute atomic E-state index is 0.0320. The Morgan fingerprint density at radius 3 is 2.34 bits per heavy atom. The van der Waals surface area contributed by atoms with Crippen molar-refractivity contribution in [3.8, 4) is 22.3 Å². The predicted molar refractivity (Wildman–Crippen MR) is 123 cm³/mol. The number of anilines is 2. The number of amides is 1. The van der Waals surface area contributed by atoms with Crippen molar-refractivity contribution in [1.29, 1.82) is 0 Å². The molecule has 0 atom stereocenters. The van der Waals surface area contributed by atoms with Gasteiger partial charge >= 0.3 is 0 Å². The molecular weight excluding hydrogens is 426 g/mol. The average Bonchev–Trinajstić information content (AvgIpc) is 2.79. The highest BCUT2D eigenvalue weighted by Crippen LogP contribution is 2.28. The summed E-state index contributed by atoms with van der Waals surface area (Å²) in [5.74, 6) is -0.414. The van der Waals surface area contributed by atoms with Gasteiger partial charge in [0.15, 0.2) is 0 Å². The Labute approximate surface area is 185 Å². The fourth-order valence-corrected chi connectivity index (χ4v) is 4.07. The smallest absolute Gasteiger partial charge is 0.275 e. The average molecular weight is 446 g/mol. The maximum Gasteiger partial charge on any atom is 0.275 e. The van der Waals surface area contributed by atoms with Gasteiger partial charge in [-0.25, -0.2) is 23.5 Å². The number of nitrogens with two attached hydrogens (primary N) is 2. The molecule has 8 nitrogen and oxygen atoms in total. The number of primary sulfonamides is 1. The van der Waals surface area contributed by atoms with Crippen LogP contribution in [-0.4, -0.2) is 24.3 Å². The van der Waals surface area contributed by atoms with Gasteiger partial charge in [-0.05, 0) is 41.5 Å². The quantitative estimate of drug-likeness (QED) is 0.403. The summed E-state index contributed by atoms with van der Waals surface area (Å²) in [6.07, 6.45) is 2.86. The van der Waals surface area contributed by atoms with E-state index in [1.807, 2.05) is 6.07 Å². The lowest BCUT2D eigenvalue weighted by Gasteiger charge is -2.11. The Kier molecular flexibility index (Phi) is 5.67. The standard InChI is InChI=1S/C23H19N5O3S/c24-17-5-3-4-16(12-17)20-13-26-14-27-22(20)23(29)28-18-10-8-15(9-11-18)19-6-1-2-7-21(19)32(25,30)31/h1-14H,24H2,(H,28,29)(H2,25,30,31). The van der Waals surface area contributed by atoms with Gasteiger partial charge < -0.3 is 11.1 Å². The van der Waals surface area contributed by atoms with Crippen molar-refractivity contribution in [2.45, 2.75) is 4.90 Å². The third-order valence-electron chi connectivity index (χ3n) is 4.77. The number of hydrogen-bond acceptors (Lipinski definition) is 6. The molecule has 4 rings (SSSR count). The summed E-state index contributed by atoms with van der Waals surface area (Å²) in [6, 6.07) is 20.3. The van der Waals surface area contributed by atoms with Crippen LogP contribution in [0.3, 0.4) is 0 Å². The van der Waals surface area contributed by atoms with E-state index in [1.54, 1.807) is 66.9 Å². The molecule has 0 saturated heterocycles. The molecular formula is C23H19N5O3S. The van der Waals surface area contributed by atoms with Crippen LogP contribution in [0.15, 0.2) is 90.2 Å². The number of rotatable bonds is 5. The summed E-state index contributed by atoms with van der Waals surface area (Å²) in [7, 11) is -3.87. The van der Waals surface area contributed by atoms with E-state index in [4.69, 9.17) is 10.9 Å². The number of sulfonamides is 1. The first-order chi connectivity index (χ1) is 15.3. The zero-order valence-electron chi connectivity index (χ0n) is 16.8. The van der Waals surface area contributed by atoms with E-state index < -0.39 is 15.9 Å². The molecule has 4 aromatic rings. The van der Waals surface area contributed by atoms with Crippen molar-refractivity contribution in [1.82, 2.24) is 9.97 Å². The zero-order valence-corrected chi connectivity index (χ0v) is 17.6. The minimum Gasteiger partial charge on any atom is -0.399 e. The van der Waals surface area contributed by atoms with Crippen LogP contribution in [0.25, 0.3) is 22.3 Å². The van der Waals surface area contributed by atoms with E-state index in [2.05, 4.69) is 15.3 Å². The second kappa shape index (κ2) is 8.58. The van der Waals surface area contributed by atoms with Crippen molar-refractivity contribution >= 4 is 27.3 Å². The highest BCUT2D eigenvalue weighted by Gasteiger charge is 2.17. The SMILES string of the molecule is Nc1cccc(-c2cncnc2C(=O)Nc2ccc(-c3ccccc3S(N)(=O)=O)cc2)c1. The molecule has 0 aliphatic rings. The fourth-order valence-electron chi connectivity index (χ4n) is 3.30. The first-order valence-electron chi connectivity index (χ1n) is 9.52. The van der Waals surface area contributed by atoms with E-state index in [0.29, 0.717) is 28.1 Å². The van der Waals surface area contributed by atoms with Gasteiger partial charge in [0.2, 0.25) is 10.0 Å². The third kappa shape index (κ3) is 4.48. The second-order valence-electron chi connectivity index (χ2n) is 6.98. The summed E-state index contributed by atoms with van der Waals surface area (Å²) in [6.45, 7) is 0. The minimum atomic E-state index is -3.87. The number of benzene rings is 3. The molecule has 0 aliphatic carbocycles. The van der Waals surface area contributed by atoms with Gasteiger partial charge in [-0.2, -0.15) is 0 Å². The lowest BCUT2D eigenvalue weighted by molar-refractivity contribution is 0.102. The van der Waals surface area contributed by atoms with Crippen molar-refractivity contribution in [3.05, 3.63) is 91.0 Å². The molecule has 5 N–H and O–H groups in total. The number of carbonyl (C=O) groups excluding carboxylic acids is 1. The molecule has 0 spiro atoms. The molecule has 3 aromatic carbocycles. The van der Waals surface area contributed by atoms with Crippen LogP contribution < -0.4 is 16.2 Å². The number of carbonyl (C=O) groups is 1. The number of nitrogens with zero attached hydrogens (tertiary/aromatic N) is 2. The molecule has 0 saturated carbocycles. The van der Waals surface area contributed by atoms with Gasteiger partial charge in [-0.1, -0.05) is 42.5 Å². The van der Waals surface area contributed by atoms with Crippen LogP contribution in [0.4, 0.5) is 11.4 Å². The van der Waals surface area contributed by atoms with Gasteiger partial charge in [0.25, 0.3) is 5.91 Å². The Morgan fingerprint density at radius 1 is 0.875 bits per heavy atom. The first-order valence-corrected chi connectivity index (χ1v) is 11.1. The lowest BCUT2D eigenvalue weighted by atomic mass is 10.0. The van der Waals surface area contributed by atoms with Crippen molar-refractivity contribution in [3.63, 3.8) is 0 Å². The summed E-state index contributed by atoms with van der Waals surface area (Å²) in [5, 5.41) is 8.13. The topological polar surface area (TPSA) is 141 Å². The number of nitrogens with one attached hydrogen (secondary N) is 1. The molecule has 1 heterocycles. The Morgan fingerprint density at radius 2 is 1.62 bits per heavy atom. The molecule has 0 bridgehead atoms. The monoisotopic (exact) mass is 445 g/mol. The number of hydrogen-bond donors (Lipinski definition) is 3. The van der Waals surface area contributed by atoms with E-state index in [9.17, 15) is 13.2 Å². The van der Waals surface area contributed by atoms with Crippen LogP contribution >= 0.6 is 0 Å². The van der Waals surface area contributed by atoms with Crippen molar-refractivity contribution < 1.29 is 13.2 Å². The highest BCUT2D eigenvalue weighted by molar-refractivity contribution is 7.89. The number of nitrogen functional groups attached to an aromatic ring is 1. The molecule has 32 heavy (non-hydrogen) atoms. The van der Waals surface area contributed by atoms with Gasteiger partial charge in [-0.3, -0.25) is 4.79 Å². The van der Waals surface area contributed by atoms with Crippen LogP contribution in [0.1, 0.15) is 10.5 Å². The normalized spacial score (nSPS) is 11.2. The van der Waals surface area contributed by atoms with Gasteiger partial charge in [-0.15, -0.1) is 0 Å². The van der Waals surface area contributed by atoms with Gasteiger partial charge in [0.05, 0.1) is 4.90 Å². The molecule has 1 aromatic heterocycles. The van der Waals surface area contributed by atoms with Crippen molar-refractivity contribution in [2.24, 2.45) is 5.14 Å². The summed E-state index contributed by atoms with van der Waals surface area (Å²) < 4.78 is 23.7. The van der Waals surface area contributed by atoms with Gasteiger partial charge in [0, 0.05) is 28.7 Å². The van der Waals surface area contributed by atoms with Crippen LogP contribution in [0.5, 0.6) is 0 Å². The summed E-state index contributed by atoms with van der Waals surface area (Å²) >= 11 is 0. The van der Waals surface area contributed by atoms with E-state index in [1.165, 1.54) is 12.4 Å². The second-order valence-corrected chi connectivity index (χ2v) is 8.51. The largest absolute Gasteiger partial charge is 0.399 e. The first kappa shape index (κ1) is 21.2. The maximum atomic E-state index is 12.9. The maximum absolute atomic E-state index is 12.9. The summed E-state index contributed by atoms with van der Waals surface area (Å²) in [5.41, 5.74) is 9.55. The Bertz CT molecular complexity index is 1400. The summed E-state index contributed by atoms with van der Waals surface area (Å²) in [4.78, 5) is 21.1. The van der Waals surface area contributed by atoms with Crippen LogP contribution in [0.2, 0.25) is 0 Å². The van der Waals surface area contributed by atoms with Crippen LogP contribution in [0, 0.1) is 0 Å². The fraction of sp³-hybridized carbons (Fsp3) is 0. The molecule has 0 fully saturated rings. The lowest BCUT2D eigenvalue weighted by Crippen LogP contribution is -2.15. The molecule has 160 valence electrons. The molecule has 9 heteroatoms. The van der Waals surface area contributed by atoms with E-state index in [0.717, 1.165) is 5.56 Å². The molecule has 0 radical (unpaired) electrons. The third-order valence-corrected chi connectivity index (χ3v) is 5.74. The van der Waals surface area contributed by atoms with E-state index >= 15 is 0 Å². The molecule has 1 amide bonds. The number of aromatic nitrogens is 2. The van der Waals surface area contributed by atoms with Gasteiger partial charge in [0.1, 0.15) is 12.0 Å². The highest BCUT2D eigenvalue weighted by atomic mass is 32.2. The van der Waals surface area contributed by atoms with Crippen molar-refractivity contribution in [2.75, 3.05) is 11.1 Å². The van der Waals surface area contributed by atoms with E-state index in [-0.39, 0.29) is 10.6 Å². The Balaban J connectivity index is 1.61. The van der Waals surface area contributed by atoms with Crippen LogP contribution in [-0.2, 0) is 10.0 Å². The Hall–Kier alpha value is -4.08.